The Labute approximate surface area is 153 Å². The summed E-state index contributed by atoms with van der Waals surface area (Å²) in [5, 5.41) is 12.1. The van der Waals surface area contributed by atoms with Crippen LogP contribution in [0.15, 0.2) is 36.4 Å². The van der Waals surface area contributed by atoms with E-state index in [1.165, 1.54) is 16.6 Å². The number of aromatic nitrogens is 2. The predicted molar refractivity (Wildman–Crippen MR) is 102 cm³/mol. The molecule has 4 nitrogen and oxygen atoms in total. The topological polar surface area (TPSA) is 55.7 Å². The van der Waals surface area contributed by atoms with Crippen molar-refractivity contribution < 1.29 is 0 Å². The van der Waals surface area contributed by atoms with E-state index in [9.17, 15) is 0 Å². The quantitative estimate of drug-likeness (QED) is 0.524. The first-order valence-corrected chi connectivity index (χ1v) is 9.25. The molecule has 0 atom stereocenters. The number of rotatable bonds is 1. The number of hydrogen-bond donors (Lipinski definition) is 1. The Bertz CT molecular complexity index is 1170. The van der Waals surface area contributed by atoms with Crippen molar-refractivity contribution >= 4 is 49.2 Å². The van der Waals surface area contributed by atoms with Gasteiger partial charge in [0.25, 0.3) is 0 Å². The third-order valence-corrected chi connectivity index (χ3v) is 6.03. The van der Waals surface area contributed by atoms with Crippen LogP contribution in [0.1, 0.15) is 16.8 Å². The zero-order valence-corrected chi connectivity index (χ0v) is 14.8. The van der Waals surface area contributed by atoms with Crippen LogP contribution in [0.4, 0.5) is 5.13 Å². The Morgan fingerprint density at radius 2 is 2.16 bits per heavy atom. The Morgan fingerprint density at radius 1 is 1.24 bits per heavy atom. The molecular formula is C19H13ClN4S. The number of nitrogens with zero attached hydrogens (tertiary/aromatic N) is 3. The van der Waals surface area contributed by atoms with Gasteiger partial charge in [-0.25, -0.2) is 4.98 Å². The van der Waals surface area contributed by atoms with Crippen molar-refractivity contribution in [2.24, 2.45) is 0 Å². The van der Waals surface area contributed by atoms with E-state index >= 15 is 0 Å². The molecule has 0 fully saturated rings. The molecule has 5 rings (SSSR count). The van der Waals surface area contributed by atoms with Gasteiger partial charge in [-0.1, -0.05) is 22.9 Å². The second kappa shape index (κ2) is 5.48. The van der Waals surface area contributed by atoms with Gasteiger partial charge in [-0.2, -0.15) is 5.26 Å². The summed E-state index contributed by atoms with van der Waals surface area (Å²) >= 11 is 7.80. The lowest BCUT2D eigenvalue weighted by Crippen LogP contribution is -2.29. The van der Waals surface area contributed by atoms with Crippen molar-refractivity contribution in [2.75, 3.05) is 11.4 Å². The molecule has 25 heavy (non-hydrogen) atoms. The van der Waals surface area contributed by atoms with E-state index in [2.05, 4.69) is 16.0 Å². The first-order chi connectivity index (χ1) is 12.2. The summed E-state index contributed by atoms with van der Waals surface area (Å²) in [6.45, 7) is 1.74. The summed E-state index contributed by atoms with van der Waals surface area (Å²) in [5.41, 5.74) is 5.37. The maximum Gasteiger partial charge on any atom is 0.186 e. The minimum absolute atomic E-state index is 0.677. The minimum atomic E-state index is 0.677. The first-order valence-electron chi connectivity index (χ1n) is 8.06. The highest BCUT2D eigenvalue weighted by Gasteiger charge is 2.23. The molecule has 4 aromatic rings. The standard InChI is InChI=1S/C19H13ClN4S/c20-12-2-4-15-14(8-12)13-5-6-24(10-17(13)22-15)19-23-16-3-1-11(9-21)7-18(16)25-19/h1-4,7-8,22H,5-6,10H2. The Hall–Kier alpha value is -2.55. The molecule has 2 aromatic heterocycles. The molecule has 2 aromatic carbocycles. The lowest BCUT2D eigenvalue weighted by Gasteiger charge is -2.26. The molecule has 1 aliphatic heterocycles. The fourth-order valence-electron chi connectivity index (χ4n) is 3.49. The van der Waals surface area contributed by atoms with Crippen LogP contribution >= 0.6 is 22.9 Å². The van der Waals surface area contributed by atoms with Crippen molar-refractivity contribution in [3.8, 4) is 6.07 Å². The number of nitriles is 1. The number of anilines is 1. The molecule has 0 saturated heterocycles. The third-order valence-electron chi connectivity index (χ3n) is 4.71. The minimum Gasteiger partial charge on any atom is -0.357 e. The van der Waals surface area contributed by atoms with Crippen molar-refractivity contribution in [2.45, 2.75) is 13.0 Å². The van der Waals surface area contributed by atoms with Crippen molar-refractivity contribution in [1.29, 1.82) is 5.26 Å². The smallest absolute Gasteiger partial charge is 0.186 e. The molecule has 0 amide bonds. The molecule has 0 bridgehead atoms. The van der Waals surface area contributed by atoms with Gasteiger partial charge in [0.05, 0.1) is 28.4 Å². The third kappa shape index (κ3) is 2.38. The summed E-state index contributed by atoms with van der Waals surface area (Å²) < 4.78 is 1.06. The SMILES string of the molecule is N#Cc1ccc2nc(N3CCc4c([nH]c5ccc(Cl)cc45)C3)sc2c1. The fourth-order valence-corrected chi connectivity index (χ4v) is 4.70. The average molecular weight is 365 g/mol. The van der Waals surface area contributed by atoms with E-state index in [-0.39, 0.29) is 0 Å². The van der Waals surface area contributed by atoms with Gasteiger partial charge in [0.2, 0.25) is 0 Å². The molecule has 3 heterocycles. The van der Waals surface area contributed by atoms with Crippen LogP contribution in [0.25, 0.3) is 21.1 Å². The van der Waals surface area contributed by atoms with Gasteiger partial charge in [0, 0.05) is 28.2 Å². The largest absolute Gasteiger partial charge is 0.357 e. The molecule has 0 radical (unpaired) electrons. The van der Waals surface area contributed by atoms with Crippen LogP contribution in [0.2, 0.25) is 5.02 Å². The van der Waals surface area contributed by atoms with Crippen molar-refractivity contribution in [1.82, 2.24) is 9.97 Å². The number of benzene rings is 2. The normalized spacial score (nSPS) is 14.0. The van der Waals surface area contributed by atoms with E-state index < -0.39 is 0 Å². The highest BCUT2D eigenvalue weighted by molar-refractivity contribution is 7.22. The van der Waals surface area contributed by atoms with Gasteiger partial charge < -0.3 is 9.88 Å². The zero-order chi connectivity index (χ0) is 17.0. The molecular weight excluding hydrogens is 352 g/mol. The van der Waals surface area contributed by atoms with Crippen LogP contribution in [0.3, 0.4) is 0 Å². The van der Waals surface area contributed by atoms with E-state index in [0.717, 1.165) is 45.4 Å². The van der Waals surface area contributed by atoms with E-state index in [1.54, 1.807) is 11.3 Å². The fraction of sp³-hybridized carbons (Fsp3) is 0.158. The lowest BCUT2D eigenvalue weighted by atomic mass is 10.0. The second-order valence-electron chi connectivity index (χ2n) is 6.23. The van der Waals surface area contributed by atoms with Crippen LogP contribution in [-0.4, -0.2) is 16.5 Å². The number of halogens is 1. The molecule has 0 saturated carbocycles. The van der Waals surface area contributed by atoms with Gasteiger partial charge in [0.1, 0.15) is 0 Å². The van der Waals surface area contributed by atoms with Gasteiger partial charge in [-0.05, 0) is 48.4 Å². The summed E-state index contributed by atoms with van der Waals surface area (Å²) in [4.78, 5) is 10.6. The zero-order valence-electron chi connectivity index (χ0n) is 13.2. The number of H-pyrrole nitrogens is 1. The molecule has 1 N–H and O–H groups in total. The average Bonchev–Trinajstić information content (AvgIpc) is 3.21. The van der Waals surface area contributed by atoms with E-state index in [1.807, 2.05) is 36.4 Å². The van der Waals surface area contributed by atoms with Gasteiger partial charge in [0.15, 0.2) is 5.13 Å². The molecule has 6 heteroatoms. The van der Waals surface area contributed by atoms with E-state index in [0.29, 0.717) is 5.56 Å². The number of hydrogen-bond acceptors (Lipinski definition) is 4. The van der Waals surface area contributed by atoms with Gasteiger partial charge in [-0.3, -0.25) is 0 Å². The summed E-state index contributed by atoms with van der Waals surface area (Å²) in [6, 6.07) is 13.9. The lowest BCUT2D eigenvalue weighted by molar-refractivity contribution is 0.722. The van der Waals surface area contributed by atoms with Gasteiger partial charge in [-0.15, -0.1) is 0 Å². The number of aromatic amines is 1. The molecule has 0 spiro atoms. The molecule has 0 unspecified atom stereocenters. The number of thiazole rings is 1. The van der Waals surface area contributed by atoms with E-state index in [4.69, 9.17) is 21.8 Å². The van der Waals surface area contributed by atoms with Gasteiger partial charge >= 0.3 is 0 Å². The Morgan fingerprint density at radius 3 is 3.04 bits per heavy atom. The van der Waals surface area contributed by atoms with Crippen molar-refractivity contribution in [3.63, 3.8) is 0 Å². The molecule has 122 valence electrons. The highest BCUT2D eigenvalue weighted by atomic mass is 35.5. The van der Waals surface area contributed by atoms with Crippen LogP contribution in [-0.2, 0) is 13.0 Å². The summed E-state index contributed by atoms with van der Waals surface area (Å²) in [6.07, 6.45) is 0.967. The monoisotopic (exact) mass is 364 g/mol. The molecule has 0 aliphatic carbocycles. The number of fused-ring (bicyclic) bond motifs is 4. The highest BCUT2D eigenvalue weighted by Crippen LogP contribution is 2.35. The second-order valence-corrected chi connectivity index (χ2v) is 7.68. The Balaban J connectivity index is 1.53. The predicted octanol–water partition coefficient (Wildman–Crippen LogP) is 4.87. The van der Waals surface area contributed by atoms with Crippen molar-refractivity contribution in [3.05, 3.63) is 58.2 Å². The Kier molecular flexibility index (Phi) is 3.24. The summed E-state index contributed by atoms with van der Waals surface area (Å²) in [7, 11) is 0. The maximum absolute atomic E-state index is 9.06. The molecule has 1 aliphatic rings. The van der Waals surface area contributed by atoms with Crippen LogP contribution < -0.4 is 4.90 Å². The number of nitrogens with one attached hydrogen (secondary N) is 1. The van der Waals surface area contributed by atoms with Crippen LogP contribution in [0, 0.1) is 11.3 Å². The maximum atomic E-state index is 9.06. The summed E-state index contributed by atoms with van der Waals surface area (Å²) in [5.74, 6) is 0. The van der Waals surface area contributed by atoms with Crippen LogP contribution in [0.5, 0.6) is 0 Å². The first kappa shape index (κ1) is 14.8.